The van der Waals surface area contributed by atoms with Gasteiger partial charge < -0.3 is 8.83 Å². The maximum absolute atomic E-state index is 6.61. The first-order valence-electron chi connectivity index (χ1n) is 18.7. The predicted octanol–water partition coefficient (Wildman–Crippen LogP) is 13.7. The highest BCUT2D eigenvalue weighted by molar-refractivity contribution is 6.12. The minimum atomic E-state index is 0.580. The van der Waals surface area contributed by atoms with Crippen molar-refractivity contribution >= 4 is 43.9 Å². The molecule has 11 rings (SSSR count). The molecule has 0 atom stereocenters. The van der Waals surface area contributed by atoms with Crippen LogP contribution in [-0.2, 0) is 0 Å². The van der Waals surface area contributed by atoms with Crippen LogP contribution in [0.25, 0.3) is 111 Å². The molecule has 56 heavy (non-hydrogen) atoms. The van der Waals surface area contributed by atoms with E-state index in [0.717, 1.165) is 93.9 Å². The van der Waals surface area contributed by atoms with Gasteiger partial charge in [0, 0.05) is 43.8 Å². The maximum Gasteiger partial charge on any atom is 0.164 e. The van der Waals surface area contributed by atoms with Crippen LogP contribution in [0, 0.1) is 0 Å². The Bertz CT molecular complexity index is 3220. The molecule has 262 valence electrons. The van der Waals surface area contributed by atoms with E-state index in [9.17, 15) is 0 Å². The SMILES string of the molecule is c1ccc(-c2ccc(-c3nc(-c4ccccc4)nc(-c4ccc5c(c4)oc4ccc(-c6cccc7c6oc6cc(-c8ccccc8)ccc67)cc45)n3)cc2)cc1. The van der Waals surface area contributed by atoms with Gasteiger partial charge >= 0.3 is 0 Å². The monoisotopic (exact) mass is 717 g/mol. The van der Waals surface area contributed by atoms with E-state index in [1.165, 1.54) is 0 Å². The zero-order valence-electron chi connectivity index (χ0n) is 30.1. The standard InChI is InChI=1S/C51H31N3O2/c1-4-11-32(12-5-1)34-19-21-36(22-20-34)50-52-49(35-15-8-3-9-16-35)53-51(54-50)39-24-27-42-44-29-38(25-28-45(44)55-46(42)31-39)40-17-10-18-43-41-26-23-37(30-47(41)56-48(40)43)33-13-6-2-7-14-33/h1-31H. The molecule has 0 aliphatic rings. The first-order valence-corrected chi connectivity index (χ1v) is 18.7. The van der Waals surface area contributed by atoms with E-state index in [2.05, 4.69) is 133 Å². The molecule has 11 aromatic rings. The fourth-order valence-electron chi connectivity index (χ4n) is 7.71. The average molecular weight is 718 g/mol. The Morgan fingerprint density at radius 1 is 0.268 bits per heavy atom. The third-order valence-corrected chi connectivity index (χ3v) is 10.6. The molecule has 0 saturated carbocycles. The zero-order valence-corrected chi connectivity index (χ0v) is 30.1. The van der Waals surface area contributed by atoms with Crippen LogP contribution >= 0.6 is 0 Å². The van der Waals surface area contributed by atoms with E-state index in [-0.39, 0.29) is 0 Å². The summed E-state index contributed by atoms with van der Waals surface area (Å²) in [4.78, 5) is 14.9. The maximum atomic E-state index is 6.61. The lowest BCUT2D eigenvalue weighted by molar-refractivity contribution is 0.668. The Morgan fingerprint density at radius 2 is 0.750 bits per heavy atom. The van der Waals surface area contributed by atoms with Gasteiger partial charge in [0.2, 0.25) is 0 Å². The van der Waals surface area contributed by atoms with Crippen molar-refractivity contribution in [3.8, 4) is 67.5 Å². The summed E-state index contributed by atoms with van der Waals surface area (Å²) < 4.78 is 13.1. The van der Waals surface area contributed by atoms with E-state index in [0.29, 0.717) is 17.5 Å². The Balaban J connectivity index is 0.985. The molecule has 0 spiro atoms. The van der Waals surface area contributed by atoms with Crippen LogP contribution < -0.4 is 0 Å². The number of para-hydroxylation sites is 1. The van der Waals surface area contributed by atoms with E-state index in [1.807, 2.05) is 54.6 Å². The summed E-state index contributed by atoms with van der Waals surface area (Å²) in [5.41, 5.74) is 12.7. The van der Waals surface area contributed by atoms with Crippen molar-refractivity contribution in [2.45, 2.75) is 0 Å². The summed E-state index contributed by atoms with van der Waals surface area (Å²) in [6, 6.07) is 64.6. The summed E-state index contributed by atoms with van der Waals surface area (Å²) in [7, 11) is 0. The van der Waals surface area contributed by atoms with Crippen molar-refractivity contribution in [1.29, 1.82) is 0 Å². The van der Waals surface area contributed by atoms with Crippen LogP contribution in [0.15, 0.2) is 197 Å². The van der Waals surface area contributed by atoms with E-state index >= 15 is 0 Å². The number of benzene rings is 8. The summed E-state index contributed by atoms with van der Waals surface area (Å²) >= 11 is 0. The highest BCUT2D eigenvalue weighted by Gasteiger charge is 2.17. The van der Waals surface area contributed by atoms with Crippen LogP contribution in [0.2, 0.25) is 0 Å². The van der Waals surface area contributed by atoms with E-state index in [1.54, 1.807) is 0 Å². The third kappa shape index (κ3) is 5.53. The van der Waals surface area contributed by atoms with E-state index in [4.69, 9.17) is 23.8 Å². The van der Waals surface area contributed by atoms with Gasteiger partial charge in [0.15, 0.2) is 17.5 Å². The molecule has 0 saturated heterocycles. The first kappa shape index (κ1) is 31.9. The zero-order chi connectivity index (χ0) is 37.0. The Labute approximate surface area is 322 Å². The fourth-order valence-corrected chi connectivity index (χ4v) is 7.71. The Kier molecular flexibility index (Phi) is 7.42. The minimum Gasteiger partial charge on any atom is -0.456 e. The number of hydrogen-bond donors (Lipinski definition) is 0. The first-order chi connectivity index (χ1) is 27.7. The lowest BCUT2D eigenvalue weighted by Crippen LogP contribution is -2.00. The van der Waals surface area contributed by atoms with Crippen molar-refractivity contribution in [2.75, 3.05) is 0 Å². The molecule has 3 heterocycles. The number of aromatic nitrogens is 3. The molecule has 8 aromatic carbocycles. The van der Waals surface area contributed by atoms with Crippen molar-refractivity contribution in [3.05, 3.63) is 188 Å². The van der Waals surface area contributed by atoms with Gasteiger partial charge in [-0.25, -0.2) is 15.0 Å². The van der Waals surface area contributed by atoms with Crippen molar-refractivity contribution in [3.63, 3.8) is 0 Å². The van der Waals surface area contributed by atoms with Gasteiger partial charge in [0.25, 0.3) is 0 Å². The van der Waals surface area contributed by atoms with Gasteiger partial charge in [-0.1, -0.05) is 152 Å². The largest absolute Gasteiger partial charge is 0.456 e. The van der Waals surface area contributed by atoms with E-state index < -0.39 is 0 Å². The number of nitrogens with zero attached hydrogens (tertiary/aromatic N) is 3. The molecule has 0 aliphatic heterocycles. The molecule has 0 amide bonds. The fraction of sp³-hybridized carbons (Fsp3) is 0. The average Bonchev–Trinajstić information content (AvgIpc) is 3.84. The van der Waals surface area contributed by atoms with Gasteiger partial charge in [-0.15, -0.1) is 0 Å². The molecule has 3 aromatic heterocycles. The molecular formula is C51H31N3O2. The smallest absolute Gasteiger partial charge is 0.164 e. The predicted molar refractivity (Wildman–Crippen MR) is 227 cm³/mol. The highest BCUT2D eigenvalue weighted by Crippen LogP contribution is 2.40. The third-order valence-electron chi connectivity index (χ3n) is 10.6. The summed E-state index contributed by atoms with van der Waals surface area (Å²) in [6.07, 6.45) is 0. The normalized spacial score (nSPS) is 11.6. The van der Waals surface area contributed by atoms with Crippen LogP contribution in [0.3, 0.4) is 0 Å². The molecule has 0 bridgehead atoms. The Morgan fingerprint density at radius 3 is 1.45 bits per heavy atom. The van der Waals surface area contributed by atoms with Crippen LogP contribution in [0.4, 0.5) is 0 Å². The molecule has 5 heteroatoms. The second-order valence-electron chi connectivity index (χ2n) is 14.0. The summed E-state index contributed by atoms with van der Waals surface area (Å²) in [5, 5.41) is 4.25. The molecule has 5 nitrogen and oxygen atoms in total. The second-order valence-corrected chi connectivity index (χ2v) is 14.0. The topological polar surface area (TPSA) is 65.0 Å². The molecule has 0 aliphatic carbocycles. The molecular weight excluding hydrogens is 687 g/mol. The van der Waals surface area contributed by atoms with Crippen molar-refractivity contribution in [2.24, 2.45) is 0 Å². The molecule has 0 N–H and O–H groups in total. The van der Waals surface area contributed by atoms with Gasteiger partial charge in [-0.2, -0.15) is 0 Å². The number of fused-ring (bicyclic) bond motifs is 6. The number of furan rings is 2. The van der Waals surface area contributed by atoms with Crippen molar-refractivity contribution in [1.82, 2.24) is 15.0 Å². The second kappa shape index (κ2) is 13.0. The molecule has 0 fully saturated rings. The number of rotatable bonds is 6. The molecule has 0 unspecified atom stereocenters. The van der Waals surface area contributed by atoms with Crippen molar-refractivity contribution < 1.29 is 8.83 Å². The van der Waals surface area contributed by atoms with Gasteiger partial charge in [-0.05, 0) is 64.2 Å². The van der Waals surface area contributed by atoms with Crippen LogP contribution in [0.1, 0.15) is 0 Å². The molecule has 0 radical (unpaired) electrons. The Hall–Kier alpha value is -7.63. The lowest BCUT2D eigenvalue weighted by atomic mass is 9.99. The summed E-state index contributed by atoms with van der Waals surface area (Å²) in [5.74, 6) is 1.80. The highest BCUT2D eigenvalue weighted by atomic mass is 16.3. The van der Waals surface area contributed by atoms with Gasteiger partial charge in [0.05, 0.1) is 0 Å². The summed E-state index contributed by atoms with van der Waals surface area (Å²) in [6.45, 7) is 0. The number of hydrogen-bond acceptors (Lipinski definition) is 5. The minimum absolute atomic E-state index is 0.580. The van der Waals surface area contributed by atoms with Gasteiger partial charge in [0.1, 0.15) is 22.3 Å². The van der Waals surface area contributed by atoms with Gasteiger partial charge in [-0.3, -0.25) is 0 Å². The quantitative estimate of drug-likeness (QED) is 0.171. The van der Waals surface area contributed by atoms with Crippen LogP contribution in [0.5, 0.6) is 0 Å². The lowest BCUT2D eigenvalue weighted by Gasteiger charge is -2.09. The van der Waals surface area contributed by atoms with Crippen LogP contribution in [-0.4, -0.2) is 15.0 Å².